The summed E-state index contributed by atoms with van der Waals surface area (Å²) in [7, 11) is 0. The third kappa shape index (κ3) is 1.97. The second-order valence-corrected chi connectivity index (χ2v) is 3.72. The number of hydrogen-bond donors (Lipinski definition) is 0. The van der Waals surface area contributed by atoms with Crippen LogP contribution in [0.4, 0.5) is 0 Å². The first-order valence-corrected chi connectivity index (χ1v) is 4.65. The Kier molecular flexibility index (Phi) is 2.96. The van der Waals surface area contributed by atoms with Crippen molar-refractivity contribution in [2.45, 2.75) is 6.92 Å². The van der Waals surface area contributed by atoms with Crippen molar-refractivity contribution in [1.29, 1.82) is 0 Å². The van der Waals surface area contributed by atoms with E-state index in [1.807, 2.05) is 12.3 Å². The topological polar surface area (TPSA) is 24.7 Å². The van der Waals surface area contributed by atoms with Gasteiger partial charge in [-0.05, 0) is 28.4 Å². The predicted octanol–water partition coefficient (Wildman–Crippen LogP) is 2.85. The highest BCUT2D eigenvalue weighted by Gasteiger charge is 2.01. The molecule has 0 aliphatic carbocycles. The van der Waals surface area contributed by atoms with Gasteiger partial charge >= 0.3 is 0 Å². The summed E-state index contributed by atoms with van der Waals surface area (Å²) in [5, 5.41) is 9.11. The van der Waals surface area contributed by atoms with Crippen LogP contribution in [0.5, 0.6) is 0 Å². The van der Waals surface area contributed by atoms with Gasteiger partial charge in [0, 0.05) is 16.6 Å². The van der Waals surface area contributed by atoms with Crippen molar-refractivity contribution in [3.63, 3.8) is 0 Å². The van der Waals surface area contributed by atoms with Crippen LogP contribution >= 0.6 is 27.3 Å². The fraction of sp³-hybridized carbons (Fsp3) is 0.143. The lowest BCUT2D eigenvalue weighted by Gasteiger charge is -1.87. The normalized spacial score (nSPS) is 10.7. The standard InChI is InChI=1S/C7H7BrN2S/c1-5-6(8)4-11-7(5)3-10-9-2/h3-4H,2H2,1H3/b10-3-. The number of nitrogens with zero attached hydrogens (tertiary/aromatic N) is 2. The zero-order chi connectivity index (χ0) is 8.27. The molecule has 1 aromatic rings. The molecule has 1 rings (SSSR count). The zero-order valence-electron chi connectivity index (χ0n) is 6.04. The summed E-state index contributed by atoms with van der Waals surface area (Å²) < 4.78 is 1.12. The highest BCUT2D eigenvalue weighted by atomic mass is 79.9. The Labute approximate surface area is 77.8 Å². The molecular formula is C7H7BrN2S. The number of rotatable bonds is 2. The molecule has 11 heavy (non-hydrogen) atoms. The Bertz CT molecular complexity index is 291. The monoisotopic (exact) mass is 230 g/mol. The van der Waals surface area contributed by atoms with Gasteiger partial charge in [0.05, 0.1) is 11.1 Å². The van der Waals surface area contributed by atoms with E-state index in [0.29, 0.717) is 0 Å². The average molecular weight is 231 g/mol. The maximum Gasteiger partial charge on any atom is 0.0670 e. The smallest absolute Gasteiger partial charge is 0.0670 e. The van der Waals surface area contributed by atoms with Gasteiger partial charge in [0.15, 0.2) is 0 Å². The van der Waals surface area contributed by atoms with Gasteiger partial charge in [0.2, 0.25) is 0 Å². The van der Waals surface area contributed by atoms with Crippen molar-refractivity contribution in [2.24, 2.45) is 10.2 Å². The first-order valence-electron chi connectivity index (χ1n) is 2.98. The third-order valence-corrected chi connectivity index (χ3v) is 3.42. The van der Waals surface area contributed by atoms with Gasteiger partial charge in [-0.1, -0.05) is 0 Å². The van der Waals surface area contributed by atoms with E-state index in [0.717, 1.165) is 9.35 Å². The van der Waals surface area contributed by atoms with E-state index in [1.54, 1.807) is 17.6 Å². The minimum absolute atomic E-state index is 1.12. The van der Waals surface area contributed by atoms with Gasteiger partial charge in [0.1, 0.15) is 0 Å². The molecular weight excluding hydrogens is 224 g/mol. The van der Waals surface area contributed by atoms with Crippen LogP contribution in [0.15, 0.2) is 20.1 Å². The summed E-state index contributed by atoms with van der Waals surface area (Å²) in [6.07, 6.45) is 1.71. The van der Waals surface area contributed by atoms with Crippen molar-refractivity contribution < 1.29 is 0 Å². The molecule has 0 saturated carbocycles. The van der Waals surface area contributed by atoms with Crippen molar-refractivity contribution in [2.75, 3.05) is 0 Å². The first-order chi connectivity index (χ1) is 5.25. The van der Waals surface area contributed by atoms with E-state index in [4.69, 9.17) is 0 Å². The third-order valence-electron chi connectivity index (χ3n) is 1.27. The summed E-state index contributed by atoms with van der Waals surface area (Å²) >= 11 is 5.04. The van der Waals surface area contributed by atoms with Gasteiger partial charge in [-0.25, -0.2) is 0 Å². The fourth-order valence-electron chi connectivity index (χ4n) is 0.630. The highest BCUT2D eigenvalue weighted by Crippen LogP contribution is 2.24. The lowest BCUT2D eigenvalue weighted by Crippen LogP contribution is -1.76. The maximum atomic E-state index is 3.69. The Balaban J connectivity index is 2.95. The van der Waals surface area contributed by atoms with Gasteiger partial charge in [-0.3, -0.25) is 0 Å². The second-order valence-electron chi connectivity index (χ2n) is 1.96. The molecule has 0 atom stereocenters. The Morgan fingerprint density at radius 2 is 2.45 bits per heavy atom. The summed E-state index contributed by atoms with van der Waals surface area (Å²) in [4.78, 5) is 1.12. The summed E-state index contributed by atoms with van der Waals surface area (Å²) in [5.74, 6) is 0. The number of hydrogen-bond acceptors (Lipinski definition) is 3. The minimum atomic E-state index is 1.12. The first kappa shape index (κ1) is 8.62. The molecule has 0 bridgehead atoms. The zero-order valence-corrected chi connectivity index (χ0v) is 8.44. The maximum absolute atomic E-state index is 3.69. The van der Waals surface area contributed by atoms with Crippen LogP contribution in [-0.4, -0.2) is 12.9 Å². The minimum Gasteiger partial charge on any atom is -0.167 e. The summed E-state index contributed by atoms with van der Waals surface area (Å²) in [6, 6.07) is 0. The number of thiophene rings is 1. The molecule has 0 aliphatic rings. The number of halogens is 1. The molecule has 0 radical (unpaired) electrons. The van der Waals surface area contributed by atoms with Crippen LogP contribution in [0.1, 0.15) is 10.4 Å². The molecule has 4 heteroatoms. The molecule has 2 nitrogen and oxygen atoms in total. The second kappa shape index (κ2) is 3.78. The Hall–Kier alpha value is -0.480. The molecule has 0 unspecified atom stereocenters. The van der Waals surface area contributed by atoms with E-state index in [2.05, 4.69) is 32.9 Å². The molecule has 0 aromatic carbocycles. The lowest BCUT2D eigenvalue weighted by molar-refractivity contribution is 1.28. The highest BCUT2D eigenvalue weighted by molar-refractivity contribution is 9.10. The molecule has 0 aliphatic heterocycles. The largest absolute Gasteiger partial charge is 0.167 e. The molecule has 0 N–H and O–H groups in total. The van der Waals surface area contributed by atoms with Crippen LogP contribution in [-0.2, 0) is 0 Å². The lowest BCUT2D eigenvalue weighted by atomic mass is 10.3. The molecule has 0 amide bonds. The van der Waals surface area contributed by atoms with E-state index in [9.17, 15) is 0 Å². The van der Waals surface area contributed by atoms with Crippen LogP contribution in [0.2, 0.25) is 0 Å². The van der Waals surface area contributed by atoms with E-state index >= 15 is 0 Å². The quantitative estimate of drug-likeness (QED) is 0.552. The summed E-state index contributed by atoms with van der Waals surface area (Å²) in [6.45, 7) is 5.29. The van der Waals surface area contributed by atoms with Crippen molar-refractivity contribution in [3.8, 4) is 0 Å². The molecule has 1 aromatic heterocycles. The van der Waals surface area contributed by atoms with Crippen LogP contribution in [0.3, 0.4) is 0 Å². The van der Waals surface area contributed by atoms with Gasteiger partial charge in [0.25, 0.3) is 0 Å². The van der Waals surface area contributed by atoms with E-state index < -0.39 is 0 Å². The molecule has 0 spiro atoms. The SMILES string of the molecule is C=N/N=C\c1scc(Br)c1C. The van der Waals surface area contributed by atoms with E-state index in [1.165, 1.54) is 5.56 Å². The molecule has 0 saturated heterocycles. The van der Waals surface area contributed by atoms with E-state index in [-0.39, 0.29) is 0 Å². The van der Waals surface area contributed by atoms with Crippen LogP contribution in [0, 0.1) is 6.92 Å². The van der Waals surface area contributed by atoms with Gasteiger partial charge < -0.3 is 0 Å². The Morgan fingerprint density at radius 1 is 1.73 bits per heavy atom. The molecule has 0 fully saturated rings. The van der Waals surface area contributed by atoms with Crippen molar-refractivity contribution in [1.82, 2.24) is 0 Å². The predicted molar refractivity (Wildman–Crippen MR) is 53.9 cm³/mol. The van der Waals surface area contributed by atoms with Gasteiger partial charge in [-0.15, -0.1) is 11.3 Å². The van der Waals surface area contributed by atoms with Gasteiger partial charge in [-0.2, -0.15) is 10.2 Å². The Morgan fingerprint density at radius 3 is 2.91 bits per heavy atom. The fourth-order valence-corrected chi connectivity index (χ4v) is 2.06. The van der Waals surface area contributed by atoms with Crippen molar-refractivity contribution >= 4 is 40.2 Å². The van der Waals surface area contributed by atoms with Crippen LogP contribution < -0.4 is 0 Å². The summed E-state index contributed by atoms with van der Waals surface area (Å²) in [5.41, 5.74) is 1.20. The molecule has 1 heterocycles. The average Bonchev–Trinajstić information content (AvgIpc) is 2.31. The van der Waals surface area contributed by atoms with Crippen LogP contribution in [0.25, 0.3) is 0 Å². The molecule has 58 valence electrons. The van der Waals surface area contributed by atoms with Crippen molar-refractivity contribution in [3.05, 3.63) is 20.3 Å².